The number of ether oxygens (including phenoxy) is 1. The Hall–Kier alpha value is -1.00. The van der Waals surface area contributed by atoms with Crippen LogP contribution in [0.4, 0.5) is 8.78 Å². The topological polar surface area (TPSA) is 21.3 Å². The molecule has 1 N–H and O–H groups in total. The third-order valence-corrected chi connectivity index (χ3v) is 3.44. The van der Waals surface area contributed by atoms with Gasteiger partial charge in [0.15, 0.2) is 0 Å². The largest absolute Gasteiger partial charge is 0.383 e. The van der Waals surface area contributed by atoms with E-state index in [1.54, 1.807) is 7.11 Å². The van der Waals surface area contributed by atoms with Crippen LogP contribution in [0.5, 0.6) is 0 Å². The molecule has 0 fully saturated rings. The Kier molecular flexibility index (Phi) is 6.38. The molecule has 1 rings (SSSR count). The Morgan fingerprint density at radius 1 is 1.21 bits per heavy atom. The van der Waals surface area contributed by atoms with E-state index in [1.165, 1.54) is 12.1 Å². The second kappa shape index (κ2) is 7.56. The molecule has 0 aromatic heterocycles. The highest BCUT2D eigenvalue weighted by molar-refractivity contribution is 5.19. The van der Waals surface area contributed by atoms with E-state index >= 15 is 0 Å². The minimum atomic E-state index is -0.513. The molecule has 4 heteroatoms. The predicted molar refractivity (Wildman–Crippen MR) is 73.2 cm³/mol. The van der Waals surface area contributed by atoms with Gasteiger partial charge >= 0.3 is 0 Å². The van der Waals surface area contributed by atoms with Gasteiger partial charge in [0.2, 0.25) is 0 Å². The first-order chi connectivity index (χ1) is 8.99. The summed E-state index contributed by atoms with van der Waals surface area (Å²) in [6.45, 7) is 6.45. The normalized spacial score (nSPS) is 14.4. The number of hydrogen-bond donors (Lipinski definition) is 1. The van der Waals surface area contributed by atoms with E-state index in [0.29, 0.717) is 18.6 Å². The van der Waals surface area contributed by atoms with Crippen LogP contribution in [0.15, 0.2) is 18.2 Å². The van der Waals surface area contributed by atoms with Crippen LogP contribution in [-0.4, -0.2) is 26.8 Å². The summed E-state index contributed by atoms with van der Waals surface area (Å²) in [7, 11) is 1.66. The van der Waals surface area contributed by atoms with Crippen molar-refractivity contribution in [3.05, 3.63) is 35.4 Å². The maximum Gasteiger partial charge on any atom is 0.126 e. The fraction of sp³-hybridized carbons (Fsp3) is 0.600. The Bertz CT molecular complexity index is 377. The lowest BCUT2D eigenvalue weighted by Crippen LogP contribution is -2.35. The van der Waals surface area contributed by atoms with Crippen LogP contribution in [-0.2, 0) is 11.2 Å². The molecule has 2 nitrogen and oxygen atoms in total. The minimum absolute atomic E-state index is 0.0199. The van der Waals surface area contributed by atoms with Gasteiger partial charge in [0.1, 0.15) is 11.6 Å². The van der Waals surface area contributed by atoms with E-state index in [4.69, 9.17) is 4.74 Å². The molecule has 0 aliphatic rings. The zero-order valence-electron chi connectivity index (χ0n) is 11.9. The Morgan fingerprint density at radius 2 is 1.84 bits per heavy atom. The summed E-state index contributed by atoms with van der Waals surface area (Å²) in [5, 5.41) is 3.31. The third kappa shape index (κ3) is 5.66. The van der Waals surface area contributed by atoms with Crippen molar-refractivity contribution in [1.29, 1.82) is 0 Å². The first-order valence-electron chi connectivity index (χ1n) is 6.64. The van der Waals surface area contributed by atoms with Gasteiger partial charge in [-0.05, 0) is 36.0 Å². The van der Waals surface area contributed by atoms with E-state index in [0.717, 1.165) is 25.6 Å². The van der Waals surface area contributed by atoms with Crippen molar-refractivity contribution < 1.29 is 13.5 Å². The Morgan fingerprint density at radius 3 is 2.37 bits per heavy atom. The summed E-state index contributed by atoms with van der Waals surface area (Å²) >= 11 is 0. The van der Waals surface area contributed by atoms with Gasteiger partial charge in [-0.25, -0.2) is 8.78 Å². The molecule has 0 radical (unpaired) electrons. The molecule has 19 heavy (non-hydrogen) atoms. The smallest absolute Gasteiger partial charge is 0.126 e. The highest BCUT2D eigenvalue weighted by Gasteiger charge is 2.22. The quantitative estimate of drug-likeness (QED) is 0.733. The standard InChI is InChI=1S/C15H23F2NO/c1-4-15(2,11-18-5-6-19-3)10-12-7-13(16)9-14(17)8-12/h7-9,18H,4-6,10-11H2,1-3H3. The van der Waals surface area contributed by atoms with Crippen LogP contribution in [0.2, 0.25) is 0 Å². The third-order valence-electron chi connectivity index (χ3n) is 3.44. The predicted octanol–water partition coefficient (Wildman–Crippen LogP) is 3.16. The van der Waals surface area contributed by atoms with Crippen LogP contribution >= 0.6 is 0 Å². The number of benzene rings is 1. The number of hydrogen-bond acceptors (Lipinski definition) is 2. The van der Waals surface area contributed by atoms with E-state index in [2.05, 4.69) is 19.2 Å². The van der Waals surface area contributed by atoms with Crippen molar-refractivity contribution in [2.24, 2.45) is 5.41 Å². The Labute approximate surface area is 114 Å². The molecule has 0 spiro atoms. The van der Waals surface area contributed by atoms with E-state index < -0.39 is 11.6 Å². The lowest BCUT2D eigenvalue weighted by molar-refractivity contribution is 0.191. The van der Waals surface area contributed by atoms with E-state index in [-0.39, 0.29) is 5.41 Å². The summed E-state index contributed by atoms with van der Waals surface area (Å²) in [6.07, 6.45) is 1.59. The van der Waals surface area contributed by atoms with Crippen molar-refractivity contribution in [2.75, 3.05) is 26.8 Å². The summed E-state index contributed by atoms with van der Waals surface area (Å²) in [4.78, 5) is 0. The van der Waals surface area contributed by atoms with E-state index in [9.17, 15) is 8.78 Å². The highest BCUT2D eigenvalue weighted by atomic mass is 19.1. The van der Waals surface area contributed by atoms with Crippen LogP contribution in [0.25, 0.3) is 0 Å². The summed E-state index contributed by atoms with van der Waals surface area (Å²) < 4.78 is 31.4. The van der Waals surface area contributed by atoms with Gasteiger partial charge in [0.25, 0.3) is 0 Å². The number of methoxy groups -OCH3 is 1. The van der Waals surface area contributed by atoms with Gasteiger partial charge in [-0.15, -0.1) is 0 Å². The molecular weight excluding hydrogens is 248 g/mol. The van der Waals surface area contributed by atoms with Crippen molar-refractivity contribution in [3.63, 3.8) is 0 Å². The molecule has 0 saturated carbocycles. The summed E-state index contributed by atoms with van der Waals surface area (Å²) in [5.74, 6) is -1.03. The first kappa shape index (κ1) is 16.1. The van der Waals surface area contributed by atoms with Gasteiger partial charge in [-0.3, -0.25) is 0 Å². The summed E-state index contributed by atoms with van der Waals surface area (Å²) in [5.41, 5.74) is 0.684. The zero-order chi connectivity index (χ0) is 14.3. The minimum Gasteiger partial charge on any atom is -0.383 e. The molecular formula is C15H23F2NO. The molecule has 1 atom stereocenters. The van der Waals surface area contributed by atoms with Gasteiger partial charge < -0.3 is 10.1 Å². The first-order valence-corrected chi connectivity index (χ1v) is 6.64. The molecule has 1 aromatic carbocycles. The molecule has 0 amide bonds. The van der Waals surface area contributed by atoms with Gasteiger partial charge in [0.05, 0.1) is 6.61 Å². The molecule has 0 saturated heterocycles. The van der Waals surface area contributed by atoms with E-state index in [1.807, 2.05) is 0 Å². The molecule has 108 valence electrons. The second-order valence-corrected chi connectivity index (χ2v) is 5.29. The number of nitrogens with one attached hydrogen (secondary N) is 1. The fourth-order valence-electron chi connectivity index (χ4n) is 2.08. The molecule has 0 bridgehead atoms. The molecule has 0 aliphatic heterocycles. The molecule has 0 heterocycles. The fourth-order valence-corrected chi connectivity index (χ4v) is 2.08. The monoisotopic (exact) mass is 271 g/mol. The lowest BCUT2D eigenvalue weighted by atomic mass is 9.81. The lowest BCUT2D eigenvalue weighted by Gasteiger charge is -2.29. The summed E-state index contributed by atoms with van der Waals surface area (Å²) in [6, 6.07) is 3.72. The van der Waals surface area contributed by atoms with Gasteiger partial charge in [-0.1, -0.05) is 13.8 Å². The van der Waals surface area contributed by atoms with Crippen LogP contribution in [0, 0.1) is 17.0 Å². The zero-order valence-corrected chi connectivity index (χ0v) is 11.9. The van der Waals surface area contributed by atoms with Crippen LogP contribution < -0.4 is 5.32 Å². The average Bonchev–Trinajstić information content (AvgIpc) is 2.33. The average molecular weight is 271 g/mol. The Balaban J connectivity index is 2.63. The number of rotatable bonds is 8. The molecule has 1 aromatic rings. The SMILES string of the molecule is CCC(C)(CNCCOC)Cc1cc(F)cc(F)c1. The van der Waals surface area contributed by atoms with Crippen molar-refractivity contribution in [3.8, 4) is 0 Å². The number of halogens is 2. The van der Waals surface area contributed by atoms with Crippen LogP contribution in [0.1, 0.15) is 25.8 Å². The van der Waals surface area contributed by atoms with Crippen molar-refractivity contribution in [1.82, 2.24) is 5.32 Å². The maximum atomic E-state index is 13.2. The second-order valence-electron chi connectivity index (χ2n) is 5.29. The van der Waals surface area contributed by atoms with Crippen LogP contribution in [0.3, 0.4) is 0 Å². The van der Waals surface area contributed by atoms with Gasteiger partial charge in [-0.2, -0.15) is 0 Å². The highest BCUT2D eigenvalue weighted by Crippen LogP contribution is 2.26. The molecule has 0 aliphatic carbocycles. The van der Waals surface area contributed by atoms with Crippen molar-refractivity contribution >= 4 is 0 Å². The maximum absolute atomic E-state index is 13.2. The van der Waals surface area contributed by atoms with Crippen molar-refractivity contribution in [2.45, 2.75) is 26.7 Å². The molecule has 1 unspecified atom stereocenters. The van der Waals surface area contributed by atoms with Gasteiger partial charge in [0, 0.05) is 26.3 Å².